The van der Waals surface area contributed by atoms with Crippen LogP contribution in [-0.4, -0.2) is 35.4 Å². The summed E-state index contributed by atoms with van der Waals surface area (Å²) in [7, 11) is 1.83. The van der Waals surface area contributed by atoms with Crippen molar-refractivity contribution in [2.45, 2.75) is 33.2 Å². The van der Waals surface area contributed by atoms with Gasteiger partial charge >= 0.3 is 0 Å². The van der Waals surface area contributed by atoms with Gasteiger partial charge in [0.1, 0.15) is 0 Å². The van der Waals surface area contributed by atoms with Crippen LogP contribution in [0.5, 0.6) is 0 Å². The molecule has 1 atom stereocenters. The zero-order valence-electron chi connectivity index (χ0n) is 12.7. The van der Waals surface area contributed by atoms with E-state index in [1.54, 1.807) is 23.4 Å². The SMILES string of the molecule is CC(C)CC(C)N(C)C(=O)c1cncc(C#CCN)c1. The molecule has 108 valence electrons. The van der Waals surface area contributed by atoms with Gasteiger partial charge in [-0.2, -0.15) is 0 Å². The molecule has 1 aromatic heterocycles. The van der Waals surface area contributed by atoms with E-state index in [1.165, 1.54) is 0 Å². The van der Waals surface area contributed by atoms with E-state index in [0.29, 0.717) is 23.6 Å². The molecule has 20 heavy (non-hydrogen) atoms. The summed E-state index contributed by atoms with van der Waals surface area (Å²) in [4.78, 5) is 18.2. The third-order valence-electron chi connectivity index (χ3n) is 3.11. The summed E-state index contributed by atoms with van der Waals surface area (Å²) in [5.41, 5.74) is 6.62. The molecule has 4 nitrogen and oxygen atoms in total. The summed E-state index contributed by atoms with van der Waals surface area (Å²) in [5.74, 6) is 6.18. The molecule has 0 fully saturated rings. The number of pyridine rings is 1. The van der Waals surface area contributed by atoms with Crippen molar-refractivity contribution in [3.8, 4) is 11.8 Å². The van der Waals surface area contributed by atoms with Gasteiger partial charge in [0.05, 0.1) is 12.1 Å². The largest absolute Gasteiger partial charge is 0.339 e. The van der Waals surface area contributed by atoms with Gasteiger partial charge in [-0.3, -0.25) is 9.78 Å². The lowest BCUT2D eigenvalue weighted by Gasteiger charge is -2.26. The zero-order chi connectivity index (χ0) is 15.1. The zero-order valence-corrected chi connectivity index (χ0v) is 12.7. The van der Waals surface area contributed by atoms with Crippen LogP contribution in [-0.2, 0) is 0 Å². The van der Waals surface area contributed by atoms with Crippen LogP contribution in [0, 0.1) is 17.8 Å². The Balaban J connectivity index is 2.86. The second-order valence-corrected chi connectivity index (χ2v) is 5.36. The minimum atomic E-state index is -0.0259. The average molecular weight is 273 g/mol. The van der Waals surface area contributed by atoms with Gasteiger partial charge in [0.2, 0.25) is 0 Å². The fourth-order valence-corrected chi connectivity index (χ4v) is 2.02. The first-order chi connectivity index (χ1) is 9.45. The van der Waals surface area contributed by atoms with E-state index < -0.39 is 0 Å². The monoisotopic (exact) mass is 273 g/mol. The van der Waals surface area contributed by atoms with Crippen LogP contribution in [0.2, 0.25) is 0 Å². The van der Waals surface area contributed by atoms with E-state index in [2.05, 4.69) is 37.6 Å². The van der Waals surface area contributed by atoms with Crippen molar-refractivity contribution in [1.29, 1.82) is 0 Å². The Morgan fingerprint density at radius 2 is 2.10 bits per heavy atom. The summed E-state index contributed by atoms with van der Waals surface area (Å²) in [6, 6.07) is 1.96. The average Bonchev–Trinajstić information content (AvgIpc) is 2.43. The summed E-state index contributed by atoms with van der Waals surface area (Å²) >= 11 is 0. The molecule has 1 heterocycles. The van der Waals surface area contributed by atoms with E-state index in [1.807, 2.05) is 7.05 Å². The van der Waals surface area contributed by atoms with E-state index in [-0.39, 0.29) is 11.9 Å². The number of hydrogen-bond donors (Lipinski definition) is 1. The van der Waals surface area contributed by atoms with Crippen molar-refractivity contribution >= 4 is 5.91 Å². The summed E-state index contributed by atoms with van der Waals surface area (Å²) in [6.07, 6.45) is 4.19. The Morgan fingerprint density at radius 1 is 1.40 bits per heavy atom. The first-order valence-electron chi connectivity index (χ1n) is 6.86. The third kappa shape index (κ3) is 4.67. The molecule has 1 amide bonds. The van der Waals surface area contributed by atoms with Crippen LogP contribution in [0.4, 0.5) is 0 Å². The van der Waals surface area contributed by atoms with Gasteiger partial charge in [0.15, 0.2) is 0 Å². The lowest BCUT2D eigenvalue weighted by molar-refractivity contribution is 0.0727. The highest BCUT2D eigenvalue weighted by molar-refractivity contribution is 5.94. The number of aromatic nitrogens is 1. The molecule has 1 rings (SSSR count). The number of hydrogen-bond acceptors (Lipinski definition) is 3. The Kier molecular flexibility index (Phi) is 6.20. The number of nitrogens with two attached hydrogens (primary N) is 1. The number of carbonyl (C=O) groups is 1. The highest BCUT2D eigenvalue weighted by atomic mass is 16.2. The van der Waals surface area contributed by atoms with Crippen LogP contribution < -0.4 is 5.73 Å². The maximum atomic E-state index is 12.4. The third-order valence-corrected chi connectivity index (χ3v) is 3.11. The molecule has 0 aliphatic rings. The van der Waals surface area contributed by atoms with Crippen molar-refractivity contribution in [3.05, 3.63) is 29.6 Å². The highest BCUT2D eigenvalue weighted by Gasteiger charge is 2.18. The van der Waals surface area contributed by atoms with Crippen LogP contribution in [0.15, 0.2) is 18.5 Å². The Bertz CT molecular complexity index is 514. The molecule has 0 spiro atoms. The van der Waals surface area contributed by atoms with Crippen molar-refractivity contribution < 1.29 is 4.79 Å². The molecule has 0 bridgehead atoms. The highest BCUT2D eigenvalue weighted by Crippen LogP contribution is 2.13. The minimum Gasteiger partial charge on any atom is -0.339 e. The molecular weight excluding hydrogens is 250 g/mol. The topological polar surface area (TPSA) is 59.2 Å². The van der Waals surface area contributed by atoms with Gasteiger partial charge in [0.25, 0.3) is 5.91 Å². The van der Waals surface area contributed by atoms with Gasteiger partial charge in [0, 0.05) is 31.0 Å². The van der Waals surface area contributed by atoms with E-state index in [4.69, 9.17) is 5.73 Å². The Hall–Kier alpha value is -1.86. The van der Waals surface area contributed by atoms with Gasteiger partial charge in [-0.1, -0.05) is 25.7 Å². The van der Waals surface area contributed by atoms with Crippen LogP contribution in [0.3, 0.4) is 0 Å². The van der Waals surface area contributed by atoms with Crippen molar-refractivity contribution in [1.82, 2.24) is 9.88 Å². The van der Waals surface area contributed by atoms with Gasteiger partial charge in [-0.25, -0.2) is 0 Å². The molecule has 0 radical (unpaired) electrons. The fourth-order valence-electron chi connectivity index (χ4n) is 2.02. The second-order valence-electron chi connectivity index (χ2n) is 5.36. The molecular formula is C16H23N3O. The van der Waals surface area contributed by atoms with E-state index >= 15 is 0 Å². The maximum absolute atomic E-state index is 12.4. The predicted molar refractivity (Wildman–Crippen MR) is 81.2 cm³/mol. The predicted octanol–water partition coefficient (Wildman–Crippen LogP) is 1.90. The summed E-state index contributed by atoms with van der Waals surface area (Å²) in [5, 5.41) is 0. The lowest BCUT2D eigenvalue weighted by Crippen LogP contribution is -2.36. The molecule has 1 unspecified atom stereocenters. The molecule has 2 N–H and O–H groups in total. The number of rotatable bonds is 4. The molecule has 0 saturated heterocycles. The van der Waals surface area contributed by atoms with Crippen LogP contribution in [0.25, 0.3) is 0 Å². The molecule has 0 saturated carbocycles. The van der Waals surface area contributed by atoms with Gasteiger partial charge in [-0.15, -0.1) is 0 Å². The van der Waals surface area contributed by atoms with Gasteiger partial charge in [-0.05, 0) is 25.3 Å². The molecule has 4 heteroatoms. The Morgan fingerprint density at radius 3 is 2.70 bits per heavy atom. The van der Waals surface area contributed by atoms with Crippen molar-refractivity contribution in [2.75, 3.05) is 13.6 Å². The first kappa shape index (κ1) is 16.2. The second kappa shape index (κ2) is 7.66. The first-order valence-corrected chi connectivity index (χ1v) is 6.86. The molecule has 0 aliphatic carbocycles. The summed E-state index contributed by atoms with van der Waals surface area (Å²) in [6.45, 7) is 6.66. The number of nitrogens with zero attached hydrogens (tertiary/aromatic N) is 2. The molecule has 0 aromatic carbocycles. The smallest absolute Gasteiger partial charge is 0.255 e. The molecule has 0 aliphatic heterocycles. The number of amides is 1. The quantitative estimate of drug-likeness (QED) is 0.852. The standard InChI is InChI=1S/C16H23N3O/c1-12(2)8-13(3)19(4)16(20)15-9-14(6-5-7-17)10-18-11-15/h9-13H,7-8,17H2,1-4H3. The normalized spacial score (nSPS) is 11.7. The minimum absolute atomic E-state index is 0.0259. The van der Waals surface area contributed by atoms with Gasteiger partial charge < -0.3 is 10.6 Å². The van der Waals surface area contributed by atoms with E-state index in [0.717, 1.165) is 6.42 Å². The summed E-state index contributed by atoms with van der Waals surface area (Å²) < 4.78 is 0. The van der Waals surface area contributed by atoms with Crippen molar-refractivity contribution in [3.63, 3.8) is 0 Å². The molecule has 1 aromatic rings. The van der Waals surface area contributed by atoms with Crippen molar-refractivity contribution in [2.24, 2.45) is 11.7 Å². The Labute approximate surface area is 121 Å². The van der Waals surface area contributed by atoms with Crippen LogP contribution >= 0.6 is 0 Å². The van der Waals surface area contributed by atoms with Crippen LogP contribution in [0.1, 0.15) is 43.1 Å². The fraction of sp³-hybridized carbons (Fsp3) is 0.500. The number of carbonyl (C=O) groups excluding carboxylic acids is 1. The lowest BCUT2D eigenvalue weighted by atomic mass is 10.0. The van der Waals surface area contributed by atoms with E-state index in [9.17, 15) is 4.79 Å². The maximum Gasteiger partial charge on any atom is 0.255 e.